The second kappa shape index (κ2) is 16.6. The Balaban J connectivity index is 1.70. The van der Waals surface area contributed by atoms with Crippen molar-refractivity contribution < 1.29 is 58.7 Å². The fourth-order valence-electron chi connectivity index (χ4n) is 8.01. The molecule has 18 heteroatoms. The number of aryl methyl sites for hydroxylation is 4. The molecule has 0 spiro atoms. The molecule has 0 heterocycles. The van der Waals surface area contributed by atoms with Gasteiger partial charge in [0.1, 0.15) is 22.9 Å². The number of aliphatic carboxylic acids is 2. The summed E-state index contributed by atoms with van der Waals surface area (Å²) in [5.74, 6) is -3.41. The lowest BCUT2D eigenvalue weighted by Gasteiger charge is -2.29. The Hall–Kier alpha value is -5.63. The summed E-state index contributed by atoms with van der Waals surface area (Å²) in [4.78, 5) is 26.0. The molecule has 0 fully saturated rings. The highest BCUT2D eigenvalue weighted by molar-refractivity contribution is 7.86. The largest absolute Gasteiger partial charge is 0.480 e. The lowest BCUT2D eigenvalue weighted by Crippen LogP contribution is -2.27. The van der Waals surface area contributed by atoms with Crippen molar-refractivity contribution in [2.45, 2.75) is 62.1 Å². The van der Waals surface area contributed by atoms with E-state index in [0.29, 0.717) is 33.6 Å². The van der Waals surface area contributed by atoms with Crippen LogP contribution in [0.3, 0.4) is 0 Å². The summed E-state index contributed by atoms with van der Waals surface area (Å²) in [5.41, 5.74) is 4.00. The maximum atomic E-state index is 12.7. The minimum absolute atomic E-state index is 0.123. The molecule has 0 bridgehead atoms. The second-order valence-electron chi connectivity index (χ2n) is 14.2. The molecular weight excluding hydrogens is 825 g/mol. The lowest BCUT2D eigenvalue weighted by molar-refractivity contribution is -0.136. The van der Waals surface area contributed by atoms with Crippen LogP contribution in [0.5, 0.6) is 0 Å². The van der Waals surface area contributed by atoms with E-state index >= 15 is 0 Å². The zero-order valence-electron chi connectivity index (χ0n) is 32.7. The third kappa shape index (κ3) is 9.32. The summed E-state index contributed by atoms with van der Waals surface area (Å²) in [6.45, 7) is 8.06. The summed E-state index contributed by atoms with van der Waals surface area (Å²) in [5, 5.41) is 19.9. The van der Waals surface area contributed by atoms with E-state index in [0.717, 1.165) is 0 Å². The van der Waals surface area contributed by atoms with Crippen LogP contribution in [0.15, 0.2) is 99.6 Å². The zero-order valence-corrected chi connectivity index (χ0v) is 35.1. The lowest BCUT2D eigenvalue weighted by atomic mass is 9.85. The molecule has 5 aromatic rings. The van der Waals surface area contributed by atoms with Gasteiger partial charge in [0.2, 0.25) is 0 Å². The van der Waals surface area contributed by atoms with Gasteiger partial charge in [-0.25, -0.2) is 0 Å². The average molecular weight is 867 g/mol. The summed E-state index contributed by atoms with van der Waals surface area (Å²) in [7, 11) is -14.2. The SMILES string of the molecule is Cc1cc(C)c(S(=O)(=O)O)c(C)c1N(CC(=O)O)c1ccc(C(c2ccc(N(CC(=O)O)c3c(C)cc(C)c(S(=O)(=O)O)c3C)cc2)c2ccccc2S(=O)(=O)O)cc1. The van der Waals surface area contributed by atoms with E-state index in [1.807, 2.05) is 0 Å². The Morgan fingerprint density at radius 1 is 0.525 bits per heavy atom. The first kappa shape index (κ1) is 44.5. The molecule has 15 nitrogen and oxygen atoms in total. The van der Waals surface area contributed by atoms with Crippen molar-refractivity contribution in [3.8, 4) is 0 Å². The molecule has 0 saturated carbocycles. The van der Waals surface area contributed by atoms with Gasteiger partial charge in [0.15, 0.2) is 0 Å². The van der Waals surface area contributed by atoms with E-state index in [4.69, 9.17) is 0 Å². The quantitative estimate of drug-likeness (QED) is 0.0563. The molecule has 5 rings (SSSR count). The van der Waals surface area contributed by atoms with E-state index in [-0.39, 0.29) is 49.0 Å². The van der Waals surface area contributed by atoms with Gasteiger partial charge < -0.3 is 20.0 Å². The molecule has 5 N–H and O–H groups in total. The zero-order chi connectivity index (χ0) is 43.9. The summed E-state index contributed by atoms with van der Waals surface area (Å²) in [6.07, 6.45) is 0. The second-order valence-corrected chi connectivity index (χ2v) is 18.3. The van der Waals surface area contributed by atoms with Crippen LogP contribution in [0.25, 0.3) is 0 Å². The van der Waals surface area contributed by atoms with Crippen LogP contribution >= 0.6 is 0 Å². The minimum Gasteiger partial charge on any atom is -0.480 e. The molecule has 0 unspecified atom stereocenters. The van der Waals surface area contributed by atoms with Crippen LogP contribution in [0.4, 0.5) is 22.7 Å². The molecule has 0 aromatic heterocycles. The smallest absolute Gasteiger partial charge is 0.323 e. The topological polar surface area (TPSA) is 244 Å². The number of anilines is 4. The molecule has 0 amide bonds. The first-order valence-corrected chi connectivity index (χ1v) is 22.1. The Kier molecular flexibility index (Phi) is 12.5. The fourth-order valence-corrected chi connectivity index (χ4v) is 10.6. The molecule has 0 saturated heterocycles. The molecule has 59 heavy (non-hydrogen) atoms. The normalized spacial score (nSPS) is 12.1. The molecule has 0 radical (unpaired) electrons. The van der Waals surface area contributed by atoms with E-state index in [9.17, 15) is 58.7 Å². The van der Waals surface area contributed by atoms with Gasteiger partial charge >= 0.3 is 11.9 Å². The van der Waals surface area contributed by atoms with Crippen LogP contribution in [-0.4, -0.2) is 74.2 Å². The van der Waals surface area contributed by atoms with Gasteiger partial charge in [-0.1, -0.05) is 54.6 Å². The molecular formula is C41H42N2O13S3. The molecule has 5 aromatic carbocycles. The predicted molar refractivity (Wildman–Crippen MR) is 220 cm³/mol. The maximum Gasteiger partial charge on any atom is 0.323 e. The highest BCUT2D eigenvalue weighted by atomic mass is 32.2. The van der Waals surface area contributed by atoms with E-state index in [1.54, 1.807) is 68.4 Å². The minimum atomic E-state index is -4.78. The van der Waals surface area contributed by atoms with Gasteiger partial charge in [0, 0.05) is 28.7 Å². The molecule has 0 aliphatic rings. The van der Waals surface area contributed by atoms with E-state index in [1.165, 1.54) is 67.8 Å². The van der Waals surface area contributed by atoms with Crippen molar-refractivity contribution in [2.24, 2.45) is 0 Å². The first-order chi connectivity index (χ1) is 27.3. The van der Waals surface area contributed by atoms with Gasteiger partial charge in [-0.2, -0.15) is 25.3 Å². The predicted octanol–water partition coefficient (Wildman–Crippen LogP) is 6.90. The highest BCUT2D eigenvalue weighted by Crippen LogP contribution is 2.42. The number of benzene rings is 5. The molecule has 312 valence electrons. The molecule has 0 atom stereocenters. The van der Waals surface area contributed by atoms with Crippen molar-refractivity contribution >= 4 is 65.0 Å². The number of carboxylic acids is 2. The standard InChI is InChI=1S/C41H42N2O13S3/c1-23-19-25(3)40(58(51,52)53)27(5)38(23)42(21-35(44)45)31-15-11-29(12-16-31)37(33-9-7-8-10-34(33)57(48,49)50)30-13-17-32(18-14-30)43(22-36(46)47)39-24(2)20-26(4)41(28(39)6)59(54,55)56/h7-20,37H,21-22H2,1-6H3,(H,44,45)(H,46,47)(H,48,49,50)(H,51,52,53)(H,54,55,56). The Labute approximate surface area is 342 Å². The summed E-state index contributed by atoms with van der Waals surface area (Å²) >= 11 is 0. The van der Waals surface area contributed by atoms with Crippen LogP contribution in [0.1, 0.15) is 56.0 Å². The number of nitrogens with zero attached hydrogens (tertiary/aromatic N) is 2. The van der Waals surface area contributed by atoms with Gasteiger partial charge in [-0.05, 0) is 122 Å². The van der Waals surface area contributed by atoms with Crippen molar-refractivity contribution in [1.29, 1.82) is 0 Å². The van der Waals surface area contributed by atoms with Crippen molar-refractivity contribution in [3.05, 3.63) is 135 Å². The summed E-state index contributed by atoms with van der Waals surface area (Å²) in [6, 6.07) is 21.5. The van der Waals surface area contributed by atoms with Gasteiger partial charge in [0.05, 0.1) is 4.90 Å². The van der Waals surface area contributed by atoms with Crippen LogP contribution < -0.4 is 9.80 Å². The molecule has 0 aliphatic carbocycles. The number of carbonyl (C=O) groups is 2. The van der Waals surface area contributed by atoms with Gasteiger partial charge in [-0.15, -0.1) is 0 Å². The average Bonchev–Trinajstić information content (AvgIpc) is 3.09. The van der Waals surface area contributed by atoms with E-state index < -0.39 is 66.2 Å². The molecule has 0 aliphatic heterocycles. The Morgan fingerprint density at radius 2 is 0.881 bits per heavy atom. The van der Waals surface area contributed by atoms with Crippen molar-refractivity contribution in [1.82, 2.24) is 0 Å². The number of carboxylic acid groups (broad SMARTS) is 2. The van der Waals surface area contributed by atoms with Crippen LogP contribution in [-0.2, 0) is 39.9 Å². The summed E-state index contributed by atoms with van der Waals surface area (Å²) < 4.78 is 105. The Bertz CT molecular complexity index is 2670. The highest BCUT2D eigenvalue weighted by Gasteiger charge is 2.29. The monoisotopic (exact) mass is 866 g/mol. The Morgan fingerprint density at radius 3 is 1.20 bits per heavy atom. The number of hydrogen-bond donors (Lipinski definition) is 5. The first-order valence-electron chi connectivity index (χ1n) is 17.7. The van der Waals surface area contributed by atoms with E-state index in [2.05, 4.69) is 0 Å². The van der Waals surface area contributed by atoms with Crippen molar-refractivity contribution in [3.63, 3.8) is 0 Å². The van der Waals surface area contributed by atoms with Gasteiger partial charge in [0.25, 0.3) is 30.4 Å². The van der Waals surface area contributed by atoms with Crippen molar-refractivity contribution in [2.75, 3.05) is 22.9 Å². The van der Waals surface area contributed by atoms with Gasteiger partial charge in [-0.3, -0.25) is 23.2 Å². The third-order valence-corrected chi connectivity index (χ3v) is 13.2. The number of hydrogen-bond acceptors (Lipinski definition) is 10. The van der Waals surface area contributed by atoms with Crippen LogP contribution in [0, 0.1) is 41.5 Å². The number of rotatable bonds is 14. The third-order valence-electron chi connectivity index (χ3n) is 9.95. The maximum absolute atomic E-state index is 12.7. The van der Waals surface area contributed by atoms with Crippen LogP contribution in [0.2, 0.25) is 0 Å². The fraction of sp³-hybridized carbons (Fsp3) is 0.220.